The topological polar surface area (TPSA) is 144 Å². The van der Waals surface area contributed by atoms with E-state index in [1.165, 1.54) is 0 Å². The van der Waals surface area contributed by atoms with Crippen molar-refractivity contribution in [2.24, 2.45) is 5.41 Å². The molecule has 204 valence electrons. The Hall–Kier alpha value is -4.48. The highest BCUT2D eigenvalue weighted by atomic mass is 16.6. The van der Waals surface area contributed by atoms with Crippen LogP contribution in [0.15, 0.2) is 36.8 Å². The van der Waals surface area contributed by atoms with E-state index in [4.69, 9.17) is 14.5 Å². The van der Waals surface area contributed by atoms with E-state index in [0.29, 0.717) is 43.9 Å². The van der Waals surface area contributed by atoms with Gasteiger partial charge in [0.15, 0.2) is 5.65 Å². The molecule has 12 heteroatoms. The van der Waals surface area contributed by atoms with Crippen LogP contribution >= 0.6 is 0 Å². The van der Waals surface area contributed by atoms with E-state index in [1.54, 1.807) is 37.7 Å². The van der Waals surface area contributed by atoms with Crippen LogP contribution < -0.4 is 15.0 Å². The lowest BCUT2D eigenvalue weighted by Gasteiger charge is -2.38. The van der Waals surface area contributed by atoms with Gasteiger partial charge in [-0.05, 0) is 58.7 Å². The molecule has 1 fully saturated rings. The van der Waals surface area contributed by atoms with Crippen molar-refractivity contribution in [1.82, 2.24) is 30.1 Å². The minimum Gasteiger partial charge on any atom is -0.492 e. The van der Waals surface area contributed by atoms with Crippen LogP contribution in [0.5, 0.6) is 5.75 Å². The Morgan fingerprint density at radius 3 is 2.62 bits per heavy atom. The molecule has 1 saturated heterocycles. The van der Waals surface area contributed by atoms with Crippen LogP contribution in [-0.4, -0.2) is 68.4 Å². The molecule has 0 saturated carbocycles. The molecule has 4 aromatic rings. The largest absolute Gasteiger partial charge is 0.492 e. The minimum absolute atomic E-state index is 0.351. The van der Waals surface area contributed by atoms with E-state index in [-0.39, 0.29) is 0 Å². The number of fused-ring (bicyclic) bond motifs is 3. The van der Waals surface area contributed by atoms with Gasteiger partial charge in [0, 0.05) is 30.4 Å². The number of amides is 1. The van der Waals surface area contributed by atoms with Crippen LogP contribution in [0.4, 0.5) is 10.6 Å². The van der Waals surface area contributed by atoms with E-state index in [0.717, 1.165) is 34.1 Å². The third-order valence-corrected chi connectivity index (χ3v) is 6.83. The first-order valence-electron chi connectivity index (χ1n) is 12.8. The molecule has 12 nitrogen and oxygen atoms in total. The standard InChI is InChI=1S/C27H31N7O5/c1-5-38-18-12-19(22-20-14-29-31-23(20)32-34(22)15-18)17-6-7-21(28-13-17)33-10-8-27(16-35,9-11-33)30-25(37)39-24(36)26(2,3)4/h6-7,12-16H,5,8-11H2,1-4H3,(H,30,37)(H,31,32). The number of nitrogens with one attached hydrogen (secondary N) is 2. The number of alkyl carbamates (subject to hydrolysis) is 1. The summed E-state index contributed by atoms with van der Waals surface area (Å²) in [6.07, 6.45) is 5.91. The summed E-state index contributed by atoms with van der Waals surface area (Å²) in [6, 6.07) is 5.89. The maximum absolute atomic E-state index is 12.3. The summed E-state index contributed by atoms with van der Waals surface area (Å²) in [5.41, 5.74) is 1.45. The molecule has 2 N–H and O–H groups in total. The Balaban J connectivity index is 1.32. The average Bonchev–Trinajstić information content (AvgIpc) is 3.50. The number of pyridine rings is 2. The normalized spacial score (nSPS) is 15.3. The fourth-order valence-electron chi connectivity index (χ4n) is 4.61. The first kappa shape index (κ1) is 26.1. The number of aldehydes is 1. The Kier molecular flexibility index (Phi) is 6.71. The molecule has 1 amide bonds. The summed E-state index contributed by atoms with van der Waals surface area (Å²) in [7, 11) is 0. The molecule has 4 aromatic heterocycles. The van der Waals surface area contributed by atoms with Crippen LogP contribution in [0.3, 0.4) is 0 Å². The van der Waals surface area contributed by atoms with Gasteiger partial charge in [-0.25, -0.2) is 14.3 Å². The van der Waals surface area contributed by atoms with Gasteiger partial charge >= 0.3 is 12.1 Å². The summed E-state index contributed by atoms with van der Waals surface area (Å²) in [4.78, 5) is 43.0. The summed E-state index contributed by atoms with van der Waals surface area (Å²) < 4.78 is 12.4. The molecule has 0 bridgehead atoms. The second kappa shape index (κ2) is 10.0. The molecule has 0 aromatic carbocycles. The van der Waals surface area contributed by atoms with Gasteiger partial charge in [-0.1, -0.05) is 0 Å². The Labute approximate surface area is 224 Å². The van der Waals surface area contributed by atoms with Gasteiger partial charge in [0.1, 0.15) is 23.4 Å². The molecule has 1 aliphatic rings. The lowest BCUT2D eigenvalue weighted by Crippen LogP contribution is -2.57. The third kappa shape index (κ3) is 5.14. The summed E-state index contributed by atoms with van der Waals surface area (Å²) in [6.45, 7) is 8.39. The monoisotopic (exact) mass is 533 g/mol. The predicted molar refractivity (Wildman–Crippen MR) is 144 cm³/mol. The zero-order chi connectivity index (χ0) is 27.8. The molecular formula is C27H31N7O5. The summed E-state index contributed by atoms with van der Waals surface area (Å²) in [5, 5.41) is 15.1. The highest BCUT2D eigenvalue weighted by Crippen LogP contribution is 2.34. The Morgan fingerprint density at radius 2 is 1.97 bits per heavy atom. The molecule has 0 aliphatic carbocycles. The van der Waals surface area contributed by atoms with Gasteiger partial charge in [0.25, 0.3) is 0 Å². The van der Waals surface area contributed by atoms with Crippen LogP contribution in [0.1, 0.15) is 40.5 Å². The van der Waals surface area contributed by atoms with Crippen LogP contribution in [-0.2, 0) is 14.3 Å². The molecule has 0 unspecified atom stereocenters. The third-order valence-electron chi connectivity index (χ3n) is 6.83. The minimum atomic E-state index is -1.10. The number of hydrogen-bond acceptors (Lipinski definition) is 9. The van der Waals surface area contributed by atoms with Crippen molar-refractivity contribution in [3.63, 3.8) is 0 Å². The van der Waals surface area contributed by atoms with Crippen molar-refractivity contribution in [1.29, 1.82) is 0 Å². The molecular weight excluding hydrogens is 502 g/mol. The summed E-state index contributed by atoms with van der Waals surface area (Å²) >= 11 is 0. The SMILES string of the molecule is CCOc1cc(-c2ccc(N3CCC(C=O)(NC(=O)OC(=O)C(C)(C)C)CC3)nc2)c2c3cn[nH]c3nn2c1. The zero-order valence-electron chi connectivity index (χ0n) is 22.4. The zero-order valence-corrected chi connectivity index (χ0v) is 22.4. The Morgan fingerprint density at radius 1 is 1.21 bits per heavy atom. The number of nitrogens with zero attached hydrogens (tertiary/aromatic N) is 5. The van der Waals surface area contributed by atoms with Gasteiger partial charge < -0.3 is 24.5 Å². The molecule has 1 aliphatic heterocycles. The molecule has 5 rings (SSSR count). The molecule has 0 radical (unpaired) electrons. The van der Waals surface area contributed by atoms with Crippen molar-refractivity contribution in [2.75, 3.05) is 24.6 Å². The number of aromatic amines is 1. The second-order valence-electron chi connectivity index (χ2n) is 10.7. The van der Waals surface area contributed by atoms with Gasteiger partial charge in [-0.15, -0.1) is 5.10 Å². The van der Waals surface area contributed by atoms with Crippen LogP contribution in [0, 0.1) is 5.41 Å². The quantitative estimate of drug-likeness (QED) is 0.216. The summed E-state index contributed by atoms with van der Waals surface area (Å²) in [5.74, 6) is 0.789. The fraction of sp³-hybridized carbons (Fsp3) is 0.407. The lowest BCUT2D eigenvalue weighted by atomic mass is 9.89. The van der Waals surface area contributed by atoms with E-state index < -0.39 is 23.0 Å². The van der Waals surface area contributed by atoms with Gasteiger partial charge in [-0.2, -0.15) is 5.10 Å². The van der Waals surface area contributed by atoms with E-state index in [2.05, 4.69) is 25.5 Å². The van der Waals surface area contributed by atoms with Crippen molar-refractivity contribution < 1.29 is 23.9 Å². The number of piperidine rings is 1. The number of aromatic nitrogens is 5. The van der Waals surface area contributed by atoms with Gasteiger partial charge in [-0.3, -0.25) is 9.89 Å². The number of hydrogen-bond donors (Lipinski definition) is 2. The van der Waals surface area contributed by atoms with Crippen LogP contribution in [0.2, 0.25) is 0 Å². The lowest BCUT2D eigenvalue weighted by molar-refractivity contribution is -0.146. The van der Waals surface area contributed by atoms with Gasteiger partial charge in [0.2, 0.25) is 0 Å². The van der Waals surface area contributed by atoms with E-state index in [1.807, 2.05) is 31.3 Å². The van der Waals surface area contributed by atoms with E-state index in [9.17, 15) is 14.4 Å². The van der Waals surface area contributed by atoms with Crippen molar-refractivity contribution in [3.8, 4) is 16.9 Å². The fourth-order valence-corrected chi connectivity index (χ4v) is 4.61. The van der Waals surface area contributed by atoms with Gasteiger partial charge in [0.05, 0.1) is 35.3 Å². The highest BCUT2D eigenvalue weighted by molar-refractivity contribution is 6.01. The first-order chi connectivity index (χ1) is 18.6. The molecule has 0 atom stereocenters. The number of anilines is 1. The van der Waals surface area contributed by atoms with Crippen molar-refractivity contribution in [3.05, 3.63) is 36.8 Å². The molecule has 5 heterocycles. The highest BCUT2D eigenvalue weighted by Gasteiger charge is 2.38. The molecule has 0 spiro atoms. The number of H-pyrrole nitrogens is 1. The smallest absolute Gasteiger partial charge is 0.415 e. The van der Waals surface area contributed by atoms with Crippen molar-refractivity contribution in [2.45, 2.75) is 46.1 Å². The van der Waals surface area contributed by atoms with E-state index >= 15 is 0 Å². The number of esters is 1. The number of ether oxygens (including phenoxy) is 2. The Bertz CT molecular complexity index is 1530. The first-order valence-corrected chi connectivity index (χ1v) is 12.8. The average molecular weight is 534 g/mol. The number of carbonyl (C=O) groups is 3. The second-order valence-corrected chi connectivity index (χ2v) is 10.7. The number of rotatable bonds is 6. The van der Waals surface area contributed by atoms with Crippen LogP contribution in [0.25, 0.3) is 27.7 Å². The van der Waals surface area contributed by atoms with Crippen molar-refractivity contribution >= 4 is 40.7 Å². The maximum atomic E-state index is 12.3. The molecule has 39 heavy (non-hydrogen) atoms. The maximum Gasteiger partial charge on any atom is 0.415 e. The predicted octanol–water partition coefficient (Wildman–Crippen LogP) is 3.51. The number of carbonyl (C=O) groups excluding carboxylic acids is 3.